The molecule has 0 spiro atoms. The molecule has 1 heterocycles. The highest BCUT2D eigenvalue weighted by atomic mass is 79.9. The van der Waals surface area contributed by atoms with Crippen LogP contribution in [-0.2, 0) is 11.3 Å². The zero-order valence-corrected chi connectivity index (χ0v) is 12.4. The number of rotatable bonds is 5. The maximum absolute atomic E-state index is 10.3. The number of hydrogen-bond acceptors (Lipinski definition) is 5. The summed E-state index contributed by atoms with van der Waals surface area (Å²) in [6.07, 6.45) is 1.70. The van der Waals surface area contributed by atoms with Crippen molar-refractivity contribution in [1.29, 1.82) is 0 Å². The van der Waals surface area contributed by atoms with Gasteiger partial charge in [0.2, 0.25) is 6.08 Å². The Labute approximate surface area is 120 Å². The number of aliphatic imine (C=N–C) groups is 1. The maximum Gasteiger partial charge on any atom is 0.235 e. The molecule has 5 nitrogen and oxygen atoms in total. The molecule has 1 saturated heterocycles. The van der Waals surface area contributed by atoms with Crippen LogP contribution in [0.1, 0.15) is 5.56 Å². The molecular weight excluding hydrogens is 312 g/mol. The summed E-state index contributed by atoms with van der Waals surface area (Å²) in [5, 5.41) is 0. The molecule has 0 radical (unpaired) electrons. The number of benzene rings is 1. The lowest BCUT2D eigenvalue weighted by molar-refractivity contribution is 0.0362. The highest BCUT2D eigenvalue weighted by molar-refractivity contribution is 9.10. The van der Waals surface area contributed by atoms with Gasteiger partial charge in [0.1, 0.15) is 6.10 Å². The third-order valence-corrected chi connectivity index (χ3v) is 3.40. The summed E-state index contributed by atoms with van der Waals surface area (Å²) in [5.74, 6) is 1.29. The van der Waals surface area contributed by atoms with Crippen molar-refractivity contribution in [2.45, 2.75) is 12.6 Å². The van der Waals surface area contributed by atoms with Crippen LogP contribution in [0.2, 0.25) is 0 Å². The molecule has 102 valence electrons. The van der Waals surface area contributed by atoms with E-state index >= 15 is 0 Å². The Hall–Kier alpha value is -1.36. The SMILES string of the molecule is COc1cc(Br)cc(CN=C=O)c1OC1CN(C)C1. The topological polar surface area (TPSA) is 51.1 Å². The van der Waals surface area contributed by atoms with Gasteiger partial charge >= 0.3 is 0 Å². The summed E-state index contributed by atoms with van der Waals surface area (Å²) in [6.45, 7) is 2.00. The first-order valence-electron chi connectivity index (χ1n) is 5.89. The Kier molecular flexibility index (Phi) is 4.58. The summed E-state index contributed by atoms with van der Waals surface area (Å²) in [5.41, 5.74) is 0.809. The average molecular weight is 327 g/mol. The van der Waals surface area contributed by atoms with Gasteiger partial charge in [0.15, 0.2) is 11.5 Å². The Morgan fingerprint density at radius 1 is 1.53 bits per heavy atom. The van der Waals surface area contributed by atoms with Gasteiger partial charge in [-0.25, -0.2) is 9.79 Å². The molecule has 6 heteroatoms. The molecule has 0 aromatic heterocycles. The highest BCUT2D eigenvalue weighted by Crippen LogP contribution is 2.36. The number of likely N-dealkylation sites (N-methyl/N-ethyl adjacent to an activating group) is 1. The van der Waals surface area contributed by atoms with Crippen LogP contribution in [0.25, 0.3) is 0 Å². The van der Waals surface area contributed by atoms with Crippen molar-refractivity contribution >= 4 is 22.0 Å². The minimum atomic E-state index is 0.152. The quantitative estimate of drug-likeness (QED) is 0.613. The molecule has 0 atom stereocenters. The standard InChI is InChI=1S/C13H15BrN2O3/c1-16-6-11(7-16)19-13-9(5-15-8-17)3-10(14)4-12(13)18-2/h3-4,11H,5-7H2,1-2H3. The van der Waals surface area contributed by atoms with Crippen LogP contribution < -0.4 is 9.47 Å². The van der Waals surface area contributed by atoms with Gasteiger partial charge in [-0.3, -0.25) is 4.90 Å². The molecule has 0 aliphatic carbocycles. The second-order valence-corrected chi connectivity index (χ2v) is 5.38. The molecule has 0 bridgehead atoms. The number of ether oxygens (including phenoxy) is 2. The van der Waals surface area contributed by atoms with Crippen molar-refractivity contribution in [2.24, 2.45) is 4.99 Å². The molecular formula is C13H15BrN2O3. The predicted molar refractivity (Wildman–Crippen MR) is 74.4 cm³/mol. The molecule has 1 aliphatic heterocycles. The summed E-state index contributed by atoms with van der Waals surface area (Å²) < 4.78 is 12.1. The van der Waals surface area contributed by atoms with Crippen LogP contribution in [0.4, 0.5) is 0 Å². The summed E-state index contributed by atoms with van der Waals surface area (Å²) in [6, 6.07) is 3.72. The number of methoxy groups -OCH3 is 1. The average Bonchev–Trinajstić information content (AvgIpc) is 2.36. The summed E-state index contributed by atoms with van der Waals surface area (Å²) in [4.78, 5) is 16.1. The summed E-state index contributed by atoms with van der Waals surface area (Å²) in [7, 11) is 3.63. The Bertz CT molecular complexity index is 509. The highest BCUT2D eigenvalue weighted by Gasteiger charge is 2.27. The van der Waals surface area contributed by atoms with Crippen molar-refractivity contribution in [3.05, 3.63) is 22.2 Å². The van der Waals surface area contributed by atoms with Crippen LogP contribution >= 0.6 is 15.9 Å². The van der Waals surface area contributed by atoms with E-state index in [2.05, 4.69) is 25.8 Å². The molecule has 1 aromatic rings. The van der Waals surface area contributed by atoms with E-state index in [9.17, 15) is 4.79 Å². The van der Waals surface area contributed by atoms with Crippen molar-refractivity contribution in [3.63, 3.8) is 0 Å². The Balaban J connectivity index is 2.27. The van der Waals surface area contributed by atoms with Crippen LogP contribution in [0, 0.1) is 0 Å². The van der Waals surface area contributed by atoms with Crippen molar-refractivity contribution in [1.82, 2.24) is 4.90 Å². The first-order valence-corrected chi connectivity index (χ1v) is 6.68. The van der Waals surface area contributed by atoms with Crippen LogP contribution in [-0.4, -0.2) is 44.3 Å². The molecule has 0 unspecified atom stereocenters. The molecule has 0 amide bonds. The van der Waals surface area contributed by atoms with Gasteiger partial charge in [-0.2, -0.15) is 0 Å². The number of likely N-dealkylation sites (tertiary alicyclic amines) is 1. The smallest absolute Gasteiger partial charge is 0.235 e. The molecule has 2 rings (SSSR count). The number of nitrogens with zero attached hydrogens (tertiary/aromatic N) is 2. The fraction of sp³-hybridized carbons (Fsp3) is 0.462. The minimum absolute atomic E-state index is 0.152. The first-order chi connectivity index (χ1) is 9.13. The lowest BCUT2D eigenvalue weighted by atomic mass is 10.1. The van der Waals surface area contributed by atoms with Gasteiger partial charge in [0, 0.05) is 23.1 Å². The molecule has 1 fully saturated rings. The lowest BCUT2D eigenvalue weighted by Crippen LogP contribution is -2.51. The van der Waals surface area contributed by atoms with E-state index in [1.54, 1.807) is 13.2 Å². The lowest BCUT2D eigenvalue weighted by Gasteiger charge is -2.36. The van der Waals surface area contributed by atoms with E-state index in [1.807, 2.05) is 19.2 Å². The van der Waals surface area contributed by atoms with E-state index in [-0.39, 0.29) is 12.6 Å². The van der Waals surface area contributed by atoms with Crippen molar-refractivity contribution < 1.29 is 14.3 Å². The van der Waals surface area contributed by atoms with E-state index in [1.165, 1.54) is 0 Å². The molecule has 1 aromatic carbocycles. The fourth-order valence-corrected chi connectivity index (χ4v) is 2.51. The normalized spacial score (nSPS) is 15.5. The maximum atomic E-state index is 10.3. The third-order valence-electron chi connectivity index (χ3n) is 2.95. The molecule has 1 aliphatic rings. The van der Waals surface area contributed by atoms with Crippen molar-refractivity contribution in [3.8, 4) is 11.5 Å². The number of isocyanates is 1. The van der Waals surface area contributed by atoms with Gasteiger partial charge in [0.05, 0.1) is 13.7 Å². The van der Waals surface area contributed by atoms with Gasteiger partial charge in [-0.1, -0.05) is 15.9 Å². The minimum Gasteiger partial charge on any atom is -0.493 e. The van der Waals surface area contributed by atoms with E-state index in [0.29, 0.717) is 11.5 Å². The van der Waals surface area contributed by atoms with Crippen LogP contribution in [0.15, 0.2) is 21.6 Å². The largest absolute Gasteiger partial charge is 0.493 e. The molecule has 0 N–H and O–H groups in total. The second-order valence-electron chi connectivity index (χ2n) is 4.46. The Morgan fingerprint density at radius 3 is 2.84 bits per heavy atom. The predicted octanol–water partition coefficient (Wildman–Crippen LogP) is 1.99. The monoisotopic (exact) mass is 326 g/mol. The number of halogens is 1. The van der Waals surface area contributed by atoms with E-state index in [0.717, 1.165) is 23.1 Å². The van der Waals surface area contributed by atoms with E-state index in [4.69, 9.17) is 9.47 Å². The molecule has 0 saturated carbocycles. The number of carbonyl (C=O) groups excluding carboxylic acids is 1. The van der Waals surface area contributed by atoms with Gasteiger partial charge in [-0.15, -0.1) is 0 Å². The van der Waals surface area contributed by atoms with Gasteiger partial charge in [-0.05, 0) is 19.2 Å². The first kappa shape index (κ1) is 14.1. The van der Waals surface area contributed by atoms with Crippen LogP contribution in [0.3, 0.4) is 0 Å². The second kappa shape index (κ2) is 6.19. The zero-order valence-electron chi connectivity index (χ0n) is 10.9. The van der Waals surface area contributed by atoms with Gasteiger partial charge in [0.25, 0.3) is 0 Å². The van der Waals surface area contributed by atoms with Gasteiger partial charge < -0.3 is 9.47 Å². The third kappa shape index (κ3) is 3.35. The van der Waals surface area contributed by atoms with E-state index < -0.39 is 0 Å². The van der Waals surface area contributed by atoms with Crippen molar-refractivity contribution in [2.75, 3.05) is 27.2 Å². The number of hydrogen-bond donors (Lipinski definition) is 0. The Morgan fingerprint density at radius 2 is 2.26 bits per heavy atom. The van der Waals surface area contributed by atoms with Crippen LogP contribution in [0.5, 0.6) is 11.5 Å². The fourth-order valence-electron chi connectivity index (χ4n) is 2.03. The zero-order chi connectivity index (χ0) is 13.8. The summed E-state index contributed by atoms with van der Waals surface area (Å²) >= 11 is 3.40. The molecule has 19 heavy (non-hydrogen) atoms.